The van der Waals surface area contributed by atoms with Crippen LogP contribution < -0.4 is 0 Å². The lowest BCUT2D eigenvalue weighted by molar-refractivity contribution is 0.350. The second-order valence-corrected chi connectivity index (χ2v) is 6.00. The van der Waals surface area contributed by atoms with Gasteiger partial charge in [0.15, 0.2) is 0 Å². The Morgan fingerprint density at radius 3 is 1.50 bits per heavy atom. The van der Waals surface area contributed by atoms with E-state index in [-0.39, 0.29) is 6.61 Å². The van der Waals surface area contributed by atoms with E-state index in [2.05, 4.69) is 60.1 Å². The van der Waals surface area contributed by atoms with Gasteiger partial charge in [-0.15, -0.1) is 0 Å². The average Bonchev–Trinajstić information content (AvgIpc) is 2.72. The molecule has 0 unspecified atom stereocenters. The molecule has 1 N–H and O–H groups in total. The highest BCUT2D eigenvalue weighted by Crippen LogP contribution is 2.15. The monoisotopic (exact) mass is 339 g/mol. The fourth-order valence-corrected chi connectivity index (χ4v) is 2.50. The first kappa shape index (κ1) is 17.6. The Kier molecular flexibility index (Phi) is 5.92. The molecule has 128 valence electrons. The Morgan fingerprint density at radius 1 is 0.692 bits per heavy atom. The summed E-state index contributed by atoms with van der Waals surface area (Å²) in [5.74, 6) is 0. The lowest BCUT2D eigenvalue weighted by atomic mass is 10.0. The van der Waals surface area contributed by atoms with E-state index in [1.165, 1.54) is 0 Å². The second kappa shape index (κ2) is 8.75. The van der Waals surface area contributed by atoms with Crippen LogP contribution in [0.25, 0.3) is 29.9 Å². The Hall–Kier alpha value is -3.23. The van der Waals surface area contributed by atoms with Crippen molar-refractivity contribution in [3.63, 3.8) is 0 Å². The molecule has 0 aliphatic rings. The lowest BCUT2D eigenvalue weighted by Crippen LogP contribution is -1.87. The molecule has 0 spiro atoms. The van der Waals surface area contributed by atoms with E-state index in [1.807, 2.05) is 36.4 Å². The first-order valence-corrected chi connectivity index (χ1v) is 8.50. The molecular formula is C24H21NO. The van der Waals surface area contributed by atoms with Crippen molar-refractivity contribution in [1.29, 1.82) is 0 Å². The predicted molar refractivity (Wildman–Crippen MR) is 111 cm³/mol. The van der Waals surface area contributed by atoms with Gasteiger partial charge in [0.05, 0.1) is 6.61 Å². The number of rotatable bonds is 6. The Morgan fingerprint density at radius 2 is 1.08 bits per heavy atom. The zero-order chi connectivity index (χ0) is 18.2. The van der Waals surface area contributed by atoms with Crippen LogP contribution in [-0.2, 0) is 0 Å². The molecule has 0 bridgehead atoms. The number of hydrogen-bond donors (Lipinski definition) is 1. The minimum absolute atomic E-state index is 0.0167. The van der Waals surface area contributed by atoms with E-state index in [1.54, 1.807) is 12.4 Å². The molecule has 26 heavy (non-hydrogen) atoms. The number of hydrogen-bond acceptors (Lipinski definition) is 2. The normalized spacial score (nSPS) is 11.3. The maximum Gasteiger partial charge on any atom is 0.0681 e. The molecule has 0 saturated heterocycles. The van der Waals surface area contributed by atoms with E-state index in [4.69, 9.17) is 5.11 Å². The van der Waals surface area contributed by atoms with E-state index in [0.717, 1.165) is 33.4 Å². The molecule has 0 saturated carbocycles. The molecule has 2 heteroatoms. The number of pyridine rings is 1. The number of aliphatic hydroxyl groups is 1. The summed E-state index contributed by atoms with van der Waals surface area (Å²) in [6, 6.07) is 20.4. The molecular weight excluding hydrogens is 318 g/mol. The number of aliphatic hydroxyl groups excluding tert-OH is 1. The molecule has 0 aliphatic heterocycles. The molecule has 0 amide bonds. The van der Waals surface area contributed by atoms with Crippen LogP contribution in [0.2, 0.25) is 0 Å². The van der Waals surface area contributed by atoms with Crippen LogP contribution in [0, 0.1) is 0 Å². The molecule has 0 aliphatic carbocycles. The van der Waals surface area contributed by atoms with Gasteiger partial charge < -0.3 is 5.11 Å². The van der Waals surface area contributed by atoms with Crippen LogP contribution in [0.15, 0.2) is 79.6 Å². The van der Waals surface area contributed by atoms with Gasteiger partial charge in [-0.3, -0.25) is 4.98 Å². The minimum atomic E-state index is -0.0167. The van der Waals surface area contributed by atoms with E-state index < -0.39 is 0 Å². The first-order chi connectivity index (χ1) is 12.7. The van der Waals surface area contributed by atoms with Gasteiger partial charge in [0.25, 0.3) is 0 Å². The maximum absolute atomic E-state index is 9.11. The SMILES string of the molecule is C=C(CO)c1ccc(C=Cc2ccc(C=Cc3ccncc3)cc2)cc1. The molecule has 1 heterocycles. The number of benzene rings is 2. The van der Waals surface area contributed by atoms with Crippen LogP contribution in [0.4, 0.5) is 0 Å². The summed E-state index contributed by atoms with van der Waals surface area (Å²) in [4.78, 5) is 4.02. The third kappa shape index (κ3) is 4.88. The third-order valence-corrected chi connectivity index (χ3v) is 4.09. The topological polar surface area (TPSA) is 33.1 Å². The second-order valence-electron chi connectivity index (χ2n) is 6.00. The number of aromatic nitrogens is 1. The Labute approximate surface area is 154 Å². The molecule has 0 atom stereocenters. The predicted octanol–water partition coefficient (Wildman–Crippen LogP) is 5.43. The van der Waals surface area contributed by atoms with Gasteiger partial charge in [0.1, 0.15) is 0 Å². The van der Waals surface area contributed by atoms with Gasteiger partial charge in [-0.25, -0.2) is 0 Å². The quantitative estimate of drug-likeness (QED) is 0.608. The van der Waals surface area contributed by atoms with E-state index in [9.17, 15) is 0 Å². The van der Waals surface area contributed by atoms with Gasteiger partial charge in [0, 0.05) is 12.4 Å². The zero-order valence-electron chi connectivity index (χ0n) is 14.5. The van der Waals surface area contributed by atoms with E-state index >= 15 is 0 Å². The first-order valence-electron chi connectivity index (χ1n) is 8.50. The van der Waals surface area contributed by atoms with Crippen LogP contribution in [0.5, 0.6) is 0 Å². The molecule has 3 aromatic rings. The Balaban J connectivity index is 1.64. The maximum atomic E-state index is 9.11. The van der Waals surface area contributed by atoms with Gasteiger partial charge in [-0.1, -0.05) is 79.4 Å². The van der Waals surface area contributed by atoms with Crippen molar-refractivity contribution in [2.24, 2.45) is 0 Å². The summed E-state index contributed by atoms with van der Waals surface area (Å²) in [5.41, 5.74) is 6.25. The van der Waals surface area contributed by atoms with Crippen LogP contribution in [0.3, 0.4) is 0 Å². The van der Waals surface area contributed by atoms with Gasteiger partial charge in [-0.2, -0.15) is 0 Å². The van der Waals surface area contributed by atoms with Gasteiger partial charge in [-0.05, 0) is 45.5 Å². The standard InChI is InChI=1S/C24H21NO/c1-19(18-26)24-12-10-22(11-13-24)7-6-20-2-4-21(5-3-20)8-9-23-14-16-25-17-15-23/h2-17,26H,1,18H2. The van der Waals surface area contributed by atoms with Crippen molar-refractivity contribution in [2.45, 2.75) is 0 Å². The van der Waals surface area contributed by atoms with Crippen molar-refractivity contribution in [3.8, 4) is 0 Å². The largest absolute Gasteiger partial charge is 0.392 e. The molecule has 1 aromatic heterocycles. The smallest absolute Gasteiger partial charge is 0.0681 e. The highest BCUT2D eigenvalue weighted by Gasteiger charge is 1.96. The van der Waals surface area contributed by atoms with Crippen LogP contribution in [0.1, 0.15) is 27.8 Å². The molecule has 2 nitrogen and oxygen atoms in total. The molecule has 0 radical (unpaired) electrons. The van der Waals surface area contributed by atoms with Crippen LogP contribution >= 0.6 is 0 Å². The van der Waals surface area contributed by atoms with Crippen molar-refractivity contribution in [3.05, 3.63) is 107 Å². The van der Waals surface area contributed by atoms with Gasteiger partial charge >= 0.3 is 0 Å². The number of nitrogens with zero attached hydrogens (tertiary/aromatic N) is 1. The van der Waals surface area contributed by atoms with Crippen LogP contribution in [-0.4, -0.2) is 16.7 Å². The Bertz CT molecular complexity index is 905. The average molecular weight is 339 g/mol. The molecule has 3 rings (SSSR count). The van der Waals surface area contributed by atoms with Crippen molar-refractivity contribution in [1.82, 2.24) is 4.98 Å². The summed E-state index contributed by atoms with van der Waals surface area (Å²) in [5, 5.41) is 9.11. The zero-order valence-corrected chi connectivity index (χ0v) is 14.5. The van der Waals surface area contributed by atoms with Gasteiger partial charge in [0.2, 0.25) is 0 Å². The fourth-order valence-electron chi connectivity index (χ4n) is 2.50. The lowest BCUT2D eigenvalue weighted by Gasteiger charge is -2.02. The van der Waals surface area contributed by atoms with Crippen molar-refractivity contribution in [2.75, 3.05) is 6.61 Å². The molecule has 0 fully saturated rings. The fraction of sp³-hybridized carbons (Fsp3) is 0.0417. The molecule has 2 aromatic carbocycles. The van der Waals surface area contributed by atoms with Crippen molar-refractivity contribution < 1.29 is 5.11 Å². The van der Waals surface area contributed by atoms with E-state index in [0.29, 0.717) is 0 Å². The summed E-state index contributed by atoms with van der Waals surface area (Å²) >= 11 is 0. The summed E-state index contributed by atoms with van der Waals surface area (Å²) in [6.45, 7) is 3.82. The summed E-state index contributed by atoms with van der Waals surface area (Å²) in [7, 11) is 0. The minimum Gasteiger partial charge on any atom is -0.392 e. The summed E-state index contributed by atoms with van der Waals surface area (Å²) in [6.07, 6.45) is 11.9. The summed E-state index contributed by atoms with van der Waals surface area (Å²) < 4.78 is 0. The highest BCUT2D eigenvalue weighted by molar-refractivity contribution is 5.73. The third-order valence-electron chi connectivity index (χ3n) is 4.09. The highest BCUT2D eigenvalue weighted by atomic mass is 16.3. The van der Waals surface area contributed by atoms with Crippen molar-refractivity contribution >= 4 is 29.9 Å².